The van der Waals surface area contributed by atoms with E-state index in [0.717, 1.165) is 20.9 Å². The number of nitrogen functional groups attached to an aromatic ring is 3. The van der Waals surface area contributed by atoms with E-state index in [-0.39, 0.29) is 29.0 Å². The molecular weight excluding hydrogens is 329 g/mol. The van der Waals surface area contributed by atoms with Crippen molar-refractivity contribution in [2.75, 3.05) is 30.4 Å². The topological polar surface area (TPSA) is 108 Å². The van der Waals surface area contributed by atoms with Gasteiger partial charge < -0.3 is 0 Å². The van der Waals surface area contributed by atoms with Gasteiger partial charge in [0.25, 0.3) is 0 Å². The van der Waals surface area contributed by atoms with Crippen molar-refractivity contribution in [3.63, 3.8) is 0 Å². The van der Waals surface area contributed by atoms with Crippen LogP contribution in [0.25, 0.3) is 0 Å². The molecule has 21 heavy (non-hydrogen) atoms. The summed E-state index contributed by atoms with van der Waals surface area (Å²) in [5, 5.41) is 9.75. The molecule has 0 aromatic heterocycles. The van der Waals surface area contributed by atoms with Crippen LogP contribution in [-0.2, 0) is 5.21 Å². The van der Waals surface area contributed by atoms with E-state index in [4.69, 9.17) is 27.0 Å². The zero-order chi connectivity index (χ0) is 15.2. The zero-order valence-corrected chi connectivity index (χ0v) is 13.5. The maximum atomic E-state index is 8.87. The van der Waals surface area contributed by atoms with Crippen LogP contribution in [0, 0.1) is 0 Å². The van der Waals surface area contributed by atoms with Gasteiger partial charge in [0, 0.05) is 0 Å². The third-order valence-corrected chi connectivity index (χ3v) is 5.35. The second-order valence-corrected chi connectivity index (χ2v) is 6.96. The summed E-state index contributed by atoms with van der Waals surface area (Å²) in [5.74, 6) is 0.787. The molecule has 0 saturated carbocycles. The number of aliphatic hydroxyl groups is 1. The van der Waals surface area contributed by atoms with Crippen LogP contribution < -0.4 is 26.3 Å². The summed E-state index contributed by atoms with van der Waals surface area (Å²) in [7, 11) is 0. The molecule has 0 fully saturated rings. The molecule has 0 amide bonds. The van der Waals surface area contributed by atoms with Crippen molar-refractivity contribution < 1.29 is 9.84 Å². The van der Waals surface area contributed by atoms with Gasteiger partial charge in [-0.2, -0.15) is 0 Å². The normalized spacial score (nSPS) is 11.1. The third-order valence-electron chi connectivity index (χ3n) is 2.80. The molecule has 2 aromatic carbocycles. The molecular formula is C15H19AsN3O2. The van der Waals surface area contributed by atoms with Gasteiger partial charge in [0.15, 0.2) is 0 Å². The molecule has 0 aliphatic rings. The summed E-state index contributed by atoms with van der Waals surface area (Å²) in [4.78, 5) is 0. The minimum atomic E-state index is -0.170. The molecule has 0 bridgehead atoms. The maximum absolute atomic E-state index is 8.87. The fraction of sp³-hybridized carbons (Fsp3) is 0.200. The third kappa shape index (κ3) is 4.58. The van der Waals surface area contributed by atoms with Gasteiger partial charge in [-0.15, -0.1) is 0 Å². The SMILES string of the molecule is Nc1cc(N)cc(C[As]c2cc(N)ccc2OCCO)c1. The average molecular weight is 348 g/mol. The summed E-state index contributed by atoms with van der Waals surface area (Å²) in [6.07, 6.45) is 0. The van der Waals surface area contributed by atoms with E-state index in [9.17, 15) is 0 Å². The van der Waals surface area contributed by atoms with Crippen LogP contribution in [0.15, 0.2) is 36.4 Å². The molecule has 6 heteroatoms. The number of nitrogens with two attached hydrogens (primary N) is 3. The fourth-order valence-electron chi connectivity index (χ4n) is 1.95. The number of rotatable bonds is 6. The van der Waals surface area contributed by atoms with Crippen LogP contribution >= 0.6 is 0 Å². The molecule has 0 aliphatic heterocycles. The van der Waals surface area contributed by atoms with Gasteiger partial charge in [0.2, 0.25) is 0 Å². The molecule has 0 saturated heterocycles. The minimum absolute atomic E-state index is 0.00787. The molecule has 1 radical (unpaired) electrons. The van der Waals surface area contributed by atoms with Crippen molar-refractivity contribution in [3.8, 4) is 5.75 Å². The predicted molar refractivity (Wildman–Crippen MR) is 87.8 cm³/mol. The van der Waals surface area contributed by atoms with Crippen LogP contribution in [0.4, 0.5) is 17.1 Å². The molecule has 0 aliphatic carbocycles. The Morgan fingerprint density at radius 2 is 1.67 bits per heavy atom. The quantitative estimate of drug-likeness (QED) is 0.445. The number of ether oxygens (including phenoxy) is 1. The van der Waals surface area contributed by atoms with Gasteiger partial charge in [-0.25, -0.2) is 0 Å². The van der Waals surface area contributed by atoms with Crippen molar-refractivity contribution in [3.05, 3.63) is 42.0 Å². The summed E-state index contributed by atoms with van der Waals surface area (Å²) in [5.41, 5.74) is 20.6. The Kier molecular flexibility index (Phi) is 5.37. The number of hydrogen-bond acceptors (Lipinski definition) is 5. The number of anilines is 3. The van der Waals surface area contributed by atoms with Crippen LogP contribution in [0.5, 0.6) is 5.75 Å². The standard InChI is InChI=1S/C15H19AsN3O2/c17-11-1-2-15(21-4-3-20)14(8-11)16-9-10-5-12(18)7-13(19)6-10/h1-2,5-8,20H,3-4,9,17-19H2. The predicted octanol–water partition coefficient (Wildman–Crippen LogP) is 0.334. The number of benzene rings is 2. The second-order valence-electron chi connectivity index (χ2n) is 4.62. The first-order valence-corrected chi connectivity index (χ1v) is 8.80. The molecule has 5 nitrogen and oxygen atoms in total. The molecule has 0 spiro atoms. The van der Waals surface area contributed by atoms with Gasteiger partial charge in [0.05, 0.1) is 0 Å². The molecule has 7 N–H and O–H groups in total. The van der Waals surface area contributed by atoms with Gasteiger partial charge in [-0.1, -0.05) is 0 Å². The Morgan fingerprint density at radius 1 is 0.952 bits per heavy atom. The van der Waals surface area contributed by atoms with E-state index in [1.165, 1.54) is 0 Å². The summed E-state index contributed by atoms with van der Waals surface area (Å²) >= 11 is -0.170. The Hall–Kier alpha value is -1.84. The van der Waals surface area contributed by atoms with Crippen molar-refractivity contribution in [2.24, 2.45) is 0 Å². The fourth-order valence-corrected chi connectivity index (χ4v) is 4.20. The van der Waals surface area contributed by atoms with E-state index in [1.54, 1.807) is 12.1 Å². The van der Waals surface area contributed by atoms with Gasteiger partial charge in [-0.3, -0.25) is 0 Å². The van der Waals surface area contributed by atoms with E-state index >= 15 is 0 Å². The molecule has 111 valence electrons. The Bertz CT molecular complexity index is 600. The van der Waals surface area contributed by atoms with Crippen molar-refractivity contribution in [1.82, 2.24) is 0 Å². The van der Waals surface area contributed by atoms with Crippen LogP contribution in [0.1, 0.15) is 5.56 Å². The van der Waals surface area contributed by atoms with Crippen molar-refractivity contribution >= 4 is 37.2 Å². The van der Waals surface area contributed by atoms with Crippen molar-refractivity contribution in [2.45, 2.75) is 5.21 Å². The average Bonchev–Trinajstić information content (AvgIpc) is 2.43. The van der Waals surface area contributed by atoms with E-state index in [2.05, 4.69) is 0 Å². The van der Waals surface area contributed by atoms with E-state index < -0.39 is 0 Å². The Balaban J connectivity index is 2.12. The molecule has 2 rings (SSSR count). The molecule has 2 aromatic rings. The van der Waals surface area contributed by atoms with Crippen LogP contribution in [0.2, 0.25) is 0 Å². The second kappa shape index (κ2) is 7.25. The van der Waals surface area contributed by atoms with Crippen LogP contribution in [-0.4, -0.2) is 34.1 Å². The summed E-state index contributed by atoms with van der Waals surface area (Å²) < 4.78 is 6.64. The molecule has 0 atom stereocenters. The first-order chi connectivity index (χ1) is 10.1. The van der Waals surface area contributed by atoms with Gasteiger partial charge in [0.1, 0.15) is 0 Å². The van der Waals surface area contributed by atoms with E-state index in [1.807, 2.05) is 24.3 Å². The Labute approximate surface area is 130 Å². The van der Waals surface area contributed by atoms with Gasteiger partial charge in [-0.05, 0) is 0 Å². The van der Waals surface area contributed by atoms with E-state index in [0.29, 0.717) is 17.1 Å². The first-order valence-electron chi connectivity index (χ1n) is 6.54. The van der Waals surface area contributed by atoms with Gasteiger partial charge >= 0.3 is 130 Å². The number of hydrogen-bond donors (Lipinski definition) is 4. The monoisotopic (exact) mass is 348 g/mol. The van der Waals surface area contributed by atoms with Crippen LogP contribution in [0.3, 0.4) is 0 Å². The summed E-state index contributed by atoms with van der Waals surface area (Å²) in [6.45, 7) is 0.273. The molecule has 0 heterocycles. The number of aliphatic hydroxyl groups excluding tert-OH is 1. The zero-order valence-electron chi connectivity index (χ0n) is 11.6. The first kappa shape index (κ1) is 15.5. The molecule has 0 unspecified atom stereocenters. The van der Waals surface area contributed by atoms with Crippen molar-refractivity contribution in [1.29, 1.82) is 0 Å². The summed E-state index contributed by atoms with van der Waals surface area (Å²) in [6, 6.07) is 11.2. The Morgan fingerprint density at radius 3 is 2.33 bits per heavy atom.